The third-order valence-corrected chi connectivity index (χ3v) is 18.3. The maximum atomic E-state index is 15.2. The van der Waals surface area contributed by atoms with Crippen molar-refractivity contribution in [3.63, 3.8) is 0 Å². The Morgan fingerprint density at radius 2 is 0.692 bits per heavy atom. The number of fused-ring (bicyclic) bond motifs is 1. The molecule has 0 spiro atoms. The minimum Gasteiger partial charge on any atom is -0.508 e. The zero-order chi connectivity index (χ0) is 76.3. The molecule has 2 aliphatic rings. The van der Waals surface area contributed by atoms with Crippen LogP contribution in [-0.2, 0) is 83.2 Å². The van der Waals surface area contributed by atoms with Crippen LogP contribution in [-0.4, -0.2) is 178 Å². The van der Waals surface area contributed by atoms with Crippen molar-refractivity contribution in [3.8, 4) is 11.5 Å². The number of phenolic OH excluding ortho intramolecular Hbond substituents is 2. The predicted octanol–water partition coefficient (Wildman–Crippen LogP) is 1.61. The fourth-order valence-corrected chi connectivity index (χ4v) is 12.5. The molecule has 4 aromatic carbocycles. The smallest absolute Gasteiger partial charge is 0.246 e. The van der Waals surface area contributed by atoms with E-state index in [4.69, 9.17) is 11.5 Å². The highest BCUT2D eigenvalue weighted by atomic mass is 16.3. The minimum absolute atomic E-state index is 0.0222. The summed E-state index contributed by atoms with van der Waals surface area (Å²) in [7, 11) is 0. The molecule has 566 valence electrons. The molecule has 2 saturated heterocycles. The molecular weight excluding hydrogens is 1330 g/mol. The SMILES string of the molecule is CC(C)C[C@@H]1NC(=O)[C@H](CCCN)NC(=O)[C@H](C(C)C)NC(=O)[C@@H](Cc2ccc(O)cc2)NC(=O)[C@@H]2CCCN2C(=O)[C@@H](Cc2ccccc2)NC(=O)[C@H](CC(C)C)NC(=O)[C@H](CCCN)NC(=O)[C@H](C(C)C)NC(=O)[C@@H](Cc2ccc(O)cc2)NC(=O)[C@H](C)NC(=O)[C@@H](Cc2ccccc2)NC1=O. The summed E-state index contributed by atoms with van der Waals surface area (Å²) in [6.45, 7) is 15.5. The summed E-state index contributed by atoms with van der Waals surface area (Å²) >= 11 is 0. The van der Waals surface area contributed by atoms with Gasteiger partial charge in [0.15, 0.2) is 0 Å². The summed E-state index contributed by atoms with van der Waals surface area (Å²) in [5.74, 6) is -11.4. The molecule has 0 aromatic heterocycles. The van der Waals surface area contributed by atoms with E-state index < -0.39 is 155 Å². The molecule has 0 radical (unpaired) electrons. The molecule has 2 fully saturated rings. The summed E-state index contributed by atoms with van der Waals surface area (Å²) in [6, 6.07) is 13.0. The van der Waals surface area contributed by atoms with E-state index in [1.165, 1.54) is 48.2 Å². The van der Waals surface area contributed by atoms with Crippen molar-refractivity contribution in [1.82, 2.24) is 63.4 Å². The van der Waals surface area contributed by atoms with Crippen molar-refractivity contribution in [3.05, 3.63) is 131 Å². The van der Waals surface area contributed by atoms with Gasteiger partial charge < -0.3 is 85.1 Å². The zero-order valence-corrected chi connectivity index (χ0v) is 61.1. The number of nitrogens with zero attached hydrogens (tertiary/aromatic N) is 1. The third kappa shape index (κ3) is 25.8. The molecular formula is C76H108N14O14. The zero-order valence-electron chi connectivity index (χ0n) is 61.1. The third-order valence-electron chi connectivity index (χ3n) is 18.3. The summed E-state index contributed by atoms with van der Waals surface area (Å²) < 4.78 is 0. The van der Waals surface area contributed by atoms with Gasteiger partial charge in [0.2, 0.25) is 70.9 Å². The van der Waals surface area contributed by atoms with E-state index in [0.717, 1.165) is 0 Å². The molecule has 17 N–H and O–H groups in total. The Labute approximate surface area is 609 Å². The fourth-order valence-electron chi connectivity index (χ4n) is 12.5. The number of nitrogens with one attached hydrogen (secondary N) is 11. The summed E-state index contributed by atoms with van der Waals surface area (Å²) in [4.78, 5) is 179. The van der Waals surface area contributed by atoms with Crippen LogP contribution in [0.25, 0.3) is 0 Å². The molecule has 0 saturated carbocycles. The Balaban J connectivity index is 1.44. The molecule has 12 atom stereocenters. The first-order chi connectivity index (χ1) is 49.4. The van der Waals surface area contributed by atoms with Crippen LogP contribution < -0.4 is 70.0 Å². The normalized spacial score (nSPS) is 24.8. The van der Waals surface area contributed by atoms with Crippen molar-refractivity contribution in [2.24, 2.45) is 35.1 Å². The van der Waals surface area contributed by atoms with E-state index in [-0.39, 0.29) is 114 Å². The molecule has 4 aromatic rings. The van der Waals surface area contributed by atoms with Crippen LogP contribution in [0.2, 0.25) is 0 Å². The number of hydrogen-bond acceptors (Lipinski definition) is 16. The van der Waals surface area contributed by atoms with Crippen molar-refractivity contribution in [2.45, 2.75) is 212 Å². The number of hydrogen-bond donors (Lipinski definition) is 15. The lowest BCUT2D eigenvalue weighted by Gasteiger charge is -2.32. The first-order valence-electron chi connectivity index (χ1n) is 36.1. The quantitative estimate of drug-likeness (QED) is 0.0598. The second-order valence-corrected chi connectivity index (χ2v) is 28.6. The lowest BCUT2D eigenvalue weighted by Crippen LogP contribution is -2.62. The van der Waals surface area contributed by atoms with Crippen LogP contribution >= 0.6 is 0 Å². The first-order valence-corrected chi connectivity index (χ1v) is 36.1. The van der Waals surface area contributed by atoms with Gasteiger partial charge in [0.25, 0.3) is 0 Å². The lowest BCUT2D eigenvalue weighted by atomic mass is 9.98. The van der Waals surface area contributed by atoms with E-state index in [1.54, 1.807) is 100 Å². The van der Waals surface area contributed by atoms with Crippen molar-refractivity contribution in [2.75, 3.05) is 19.6 Å². The van der Waals surface area contributed by atoms with Gasteiger partial charge in [-0.05, 0) is 142 Å². The highest BCUT2D eigenvalue weighted by Gasteiger charge is 2.42. The molecule has 28 heteroatoms. The van der Waals surface area contributed by atoms with Crippen LogP contribution in [0.3, 0.4) is 0 Å². The first kappa shape index (κ1) is 83.0. The largest absolute Gasteiger partial charge is 0.508 e. The summed E-state index contributed by atoms with van der Waals surface area (Å²) in [5.41, 5.74) is 14.2. The van der Waals surface area contributed by atoms with Crippen LogP contribution in [0, 0.1) is 23.7 Å². The monoisotopic (exact) mass is 1440 g/mol. The lowest BCUT2D eigenvalue weighted by molar-refractivity contribution is -0.142. The number of carbonyl (C=O) groups excluding carboxylic acids is 12. The van der Waals surface area contributed by atoms with Gasteiger partial charge in [0.1, 0.15) is 84.0 Å². The van der Waals surface area contributed by atoms with Gasteiger partial charge in [-0.15, -0.1) is 0 Å². The molecule has 104 heavy (non-hydrogen) atoms. The van der Waals surface area contributed by atoms with Crippen LogP contribution in [0.15, 0.2) is 109 Å². The maximum absolute atomic E-state index is 15.2. The minimum atomic E-state index is -1.45. The molecule has 0 bridgehead atoms. The molecule has 0 unspecified atom stereocenters. The second kappa shape index (κ2) is 40.8. The number of aromatic hydroxyl groups is 2. The summed E-state index contributed by atoms with van der Waals surface area (Å²) in [5, 5.41) is 51.0. The highest BCUT2D eigenvalue weighted by Crippen LogP contribution is 2.23. The topological polar surface area (TPSA) is 433 Å². The van der Waals surface area contributed by atoms with Crippen LogP contribution in [0.5, 0.6) is 11.5 Å². The number of benzene rings is 4. The Kier molecular flexibility index (Phi) is 32.5. The van der Waals surface area contributed by atoms with Gasteiger partial charge in [-0.2, -0.15) is 0 Å². The van der Waals surface area contributed by atoms with E-state index in [2.05, 4.69) is 58.5 Å². The summed E-state index contributed by atoms with van der Waals surface area (Å²) in [6.07, 6.45) is 0.436. The maximum Gasteiger partial charge on any atom is 0.246 e. The predicted molar refractivity (Wildman–Crippen MR) is 391 cm³/mol. The van der Waals surface area contributed by atoms with Gasteiger partial charge in [-0.25, -0.2) is 0 Å². The Morgan fingerprint density at radius 3 is 1.08 bits per heavy atom. The highest BCUT2D eigenvalue weighted by molar-refractivity contribution is 6.00. The van der Waals surface area contributed by atoms with Crippen LogP contribution in [0.1, 0.15) is 136 Å². The number of phenols is 2. The van der Waals surface area contributed by atoms with Gasteiger partial charge in [-0.3, -0.25) is 57.5 Å². The molecule has 6 rings (SSSR count). The molecule has 2 aliphatic heterocycles. The van der Waals surface area contributed by atoms with E-state index in [1.807, 2.05) is 27.7 Å². The van der Waals surface area contributed by atoms with Crippen LogP contribution in [0.4, 0.5) is 0 Å². The van der Waals surface area contributed by atoms with Crippen molar-refractivity contribution < 1.29 is 67.7 Å². The average Bonchev–Trinajstić information content (AvgIpc) is 1.61. The average molecular weight is 1440 g/mol. The molecule has 12 amide bonds. The number of amides is 12. The standard InChI is InChI=1S/C76H108N14O14/c1-43(2)37-56-69(97)85-58(39-48-19-12-10-13-20-48)68(96)79-47(9)65(93)82-59(40-50-26-30-52(91)31-27-50)71(99)88-63(45(5)6)74(102)81-55(24-17-35-78)67(95)84-57(38-44(3)4)70(98)87-61(42-49-21-14-11-15-22-49)76(104)90-36-18-25-62(90)73(101)86-60(41-51-28-32-53(92)33-29-51)72(100)89-64(46(7)8)75(103)80-54(23-16-34-77)66(94)83-56/h10-15,19-22,26-33,43-47,54-64,91-92H,16-18,23-25,34-42,77-78H2,1-9H3,(H,79,96)(H,80,103)(H,81,102)(H,82,93)(H,83,94)(H,84,95)(H,85,97)(H,86,101)(H,87,98)(H,88,99)(H,89,100)/t47-,54-,55-,56-,57-,58+,59+,60+,61+,62-,63-,64-/m0/s1. The number of nitrogens with two attached hydrogens (primary N) is 2. The van der Waals surface area contributed by atoms with Crippen molar-refractivity contribution >= 4 is 70.9 Å². The van der Waals surface area contributed by atoms with Crippen molar-refractivity contribution in [1.29, 1.82) is 0 Å². The molecule has 2 heterocycles. The Bertz CT molecular complexity index is 3540. The van der Waals surface area contributed by atoms with Gasteiger partial charge in [0, 0.05) is 32.2 Å². The molecule has 28 nitrogen and oxygen atoms in total. The van der Waals surface area contributed by atoms with E-state index in [9.17, 15) is 63.0 Å². The van der Waals surface area contributed by atoms with E-state index in [0.29, 0.717) is 28.7 Å². The van der Waals surface area contributed by atoms with Gasteiger partial charge in [0.05, 0.1) is 0 Å². The van der Waals surface area contributed by atoms with Gasteiger partial charge in [-0.1, -0.05) is 140 Å². The Morgan fingerprint density at radius 1 is 0.375 bits per heavy atom. The molecule has 0 aliphatic carbocycles. The number of carbonyl (C=O) groups is 12. The fraction of sp³-hybridized carbons (Fsp3) is 0.526. The second-order valence-electron chi connectivity index (χ2n) is 28.6. The Hall–Kier alpha value is -9.96. The van der Waals surface area contributed by atoms with E-state index >= 15 is 4.79 Å². The van der Waals surface area contributed by atoms with Gasteiger partial charge >= 0.3 is 0 Å². The number of rotatable bonds is 20.